The SMILES string of the molecule is COc1ccc(/C=N\NC(=O)COc2ccccc2Br)cc1OC. The second-order valence-corrected chi connectivity index (χ2v) is 5.48. The predicted octanol–water partition coefficient (Wildman–Crippen LogP) is 3.00. The summed E-state index contributed by atoms with van der Waals surface area (Å²) in [5, 5.41) is 3.89. The Morgan fingerprint density at radius 3 is 2.58 bits per heavy atom. The van der Waals surface area contributed by atoms with Crippen LogP contribution in [0, 0.1) is 0 Å². The van der Waals surface area contributed by atoms with Crippen LogP contribution in [-0.4, -0.2) is 32.9 Å². The van der Waals surface area contributed by atoms with E-state index in [1.165, 1.54) is 6.21 Å². The molecule has 7 heteroatoms. The van der Waals surface area contributed by atoms with E-state index in [9.17, 15) is 4.79 Å². The van der Waals surface area contributed by atoms with E-state index in [-0.39, 0.29) is 12.5 Å². The zero-order valence-electron chi connectivity index (χ0n) is 13.3. The monoisotopic (exact) mass is 392 g/mol. The van der Waals surface area contributed by atoms with Crippen molar-refractivity contribution in [1.29, 1.82) is 0 Å². The molecule has 0 aliphatic carbocycles. The quantitative estimate of drug-likeness (QED) is 0.580. The van der Waals surface area contributed by atoms with Crippen molar-refractivity contribution in [2.24, 2.45) is 5.10 Å². The molecule has 2 aromatic rings. The summed E-state index contributed by atoms with van der Waals surface area (Å²) < 4.78 is 16.5. The van der Waals surface area contributed by atoms with Gasteiger partial charge in [-0.15, -0.1) is 0 Å². The van der Waals surface area contributed by atoms with Crippen molar-refractivity contribution in [3.8, 4) is 17.2 Å². The van der Waals surface area contributed by atoms with Gasteiger partial charge in [0.1, 0.15) is 5.75 Å². The van der Waals surface area contributed by atoms with E-state index in [1.807, 2.05) is 18.2 Å². The summed E-state index contributed by atoms with van der Waals surface area (Å²) in [7, 11) is 3.12. The molecule has 1 amide bonds. The van der Waals surface area contributed by atoms with Crippen LogP contribution in [0.4, 0.5) is 0 Å². The number of methoxy groups -OCH3 is 2. The van der Waals surface area contributed by atoms with Crippen molar-refractivity contribution < 1.29 is 19.0 Å². The molecule has 0 radical (unpaired) electrons. The van der Waals surface area contributed by atoms with Crippen molar-refractivity contribution in [2.45, 2.75) is 0 Å². The Bertz CT molecular complexity index is 734. The molecule has 0 fully saturated rings. The van der Waals surface area contributed by atoms with Crippen LogP contribution in [-0.2, 0) is 4.79 Å². The molecule has 0 aliphatic rings. The number of nitrogens with zero attached hydrogens (tertiary/aromatic N) is 1. The third-order valence-electron chi connectivity index (χ3n) is 3.01. The van der Waals surface area contributed by atoms with Crippen LogP contribution in [0.3, 0.4) is 0 Å². The van der Waals surface area contributed by atoms with E-state index in [4.69, 9.17) is 14.2 Å². The molecule has 0 heterocycles. The third-order valence-corrected chi connectivity index (χ3v) is 3.66. The van der Waals surface area contributed by atoms with Gasteiger partial charge in [0.15, 0.2) is 18.1 Å². The maximum absolute atomic E-state index is 11.7. The maximum Gasteiger partial charge on any atom is 0.277 e. The number of halogens is 1. The summed E-state index contributed by atoms with van der Waals surface area (Å²) in [6.07, 6.45) is 1.51. The average Bonchev–Trinajstić information content (AvgIpc) is 2.61. The number of para-hydroxylation sites is 1. The van der Waals surface area contributed by atoms with Gasteiger partial charge in [0.25, 0.3) is 5.91 Å². The van der Waals surface area contributed by atoms with Crippen LogP contribution < -0.4 is 19.6 Å². The first-order valence-electron chi connectivity index (χ1n) is 7.05. The first kappa shape index (κ1) is 17.8. The van der Waals surface area contributed by atoms with E-state index in [0.29, 0.717) is 17.2 Å². The Morgan fingerprint density at radius 1 is 1.12 bits per heavy atom. The van der Waals surface area contributed by atoms with Gasteiger partial charge in [-0.1, -0.05) is 12.1 Å². The maximum atomic E-state index is 11.7. The van der Waals surface area contributed by atoms with Gasteiger partial charge in [0.05, 0.1) is 24.9 Å². The number of benzene rings is 2. The second-order valence-electron chi connectivity index (χ2n) is 4.63. The van der Waals surface area contributed by atoms with Crippen LogP contribution in [0.1, 0.15) is 5.56 Å². The number of hydrogen-bond acceptors (Lipinski definition) is 5. The normalized spacial score (nSPS) is 10.5. The summed E-state index contributed by atoms with van der Waals surface area (Å²) in [5.41, 5.74) is 3.17. The first-order valence-corrected chi connectivity index (χ1v) is 7.84. The summed E-state index contributed by atoms with van der Waals surface area (Å²) in [5.74, 6) is 1.45. The molecule has 0 saturated heterocycles. The minimum absolute atomic E-state index is 0.133. The van der Waals surface area contributed by atoms with Crippen LogP contribution in [0.25, 0.3) is 0 Å². The standard InChI is InChI=1S/C17H17BrN2O4/c1-22-15-8-7-12(9-16(15)23-2)10-19-20-17(21)11-24-14-6-4-3-5-13(14)18/h3-10H,11H2,1-2H3,(H,20,21)/b19-10-. The van der Waals surface area contributed by atoms with Gasteiger partial charge in [-0.25, -0.2) is 5.43 Å². The van der Waals surface area contributed by atoms with E-state index in [2.05, 4.69) is 26.5 Å². The Labute approximate surface area is 148 Å². The number of hydrazone groups is 1. The molecule has 0 unspecified atom stereocenters. The van der Waals surface area contributed by atoms with Crippen molar-refractivity contribution in [1.82, 2.24) is 5.43 Å². The van der Waals surface area contributed by atoms with Crippen LogP contribution in [0.5, 0.6) is 17.2 Å². The van der Waals surface area contributed by atoms with Crippen molar-refractivity contribution >= 4 is 28.1 Å². The fraction of sp³-hybridized carbons (Fsp3) is 0.176. The zero-order chi connectivity index (χ0) is 17.4. The lowest BCUT2D eigenvalue weighted by Crippen LogP contribution is -2.24. The van der Waals surface area contributed by atoms with Gasteiger partial charge in [-0.3, -0.25) is 4.79 Å². The molecule has 0 spiro atoms. The number of carbonyl (C=O) groups is 1. The Hall–Kier alpha value is -2.54. The summed E-state index contributed by atoms with van der Waals surface area (Å²) >= 11 is 3.35. The number of ether oxygens (including phenoxy) is 3. The van der Waals surface area contributed by atoms with E-state index >= 15 is 0 Å². The Morgan fingerprint density at radius 2 is 1.88 bits per heavy atom. The minimum Gasteiger partial charge on any atom is -0.493 e. The molecular weight excluding hydrogens is 376 g/mol. The zero-order valence-corrected chi connectivity index (χ0v) is 14.9. The highest BCUT2D eigenvalue weighted by Gasteiger charge is 2.05. The Balaban J connectivity index is 1.87. The smallest absolute Gasteiger partial charge is 0.277 e. The lowest BCUT2D eigenvalue weighted by molar-refractivity contribution is -0.123. The fourth-order valence-corrected chi connectivity index (χ4v) is 2.25. The molecule has 0 saturated carbocycles. The molecule has 0 aliphatic heterocycles. The molecule has 6 nitrogen and oxygen atoms in total. The molecule has 2 aromatic carbocycles. The molecular formula is C17H17BrN2O4. The van der Waals surface area contributed by atoms with Crippen molar-refractivity contribution in [3.63, 3.8) is 0 Å². The van der Waals surface area contributed by atoms with Crippen molar-refractivity contribution in [3.05, 3.63) is 52.5 Å². The van der Waals surface area contributed by atoms with Gasteiger partial charge in [-0.05, 0) is 51.8 Å². The topological polar surface area (TPSA) is 69.2 Å². The summed E-state index contributed by atoms with van der Waals surface area (Å²) in [4.78, 5) is 11.7. The fourth-order valence-electron chi connectivity index (χ4n) is 1.85. The second kappa shape index (κ2) is 8.93. The largest absolute Gasteiger partial charge is 0.493 e. The number of amides is 1. The van der Waals surface area contributed by atoms with E-state index in [1.54, 1.807) is 38.5 Å². The summed E-state index contributed by atoms with van der Waals surface area (Å²) in [6.45, 7) is -0.133. The average molecular weight is 393 g/mol. The van der Waals surface area contributed by atoms with E-state index in [0.717, 1.165) is 10.0 Å². The van der Waals surface area contributed by atoms with Crippen LogP contribution in [0.2, 0.25) is 0 Å². The molecule has 0 atom stereocenters. The number of carbonyl (C=O) groups excluding carboxylic acids is 1. The lowest BCUT2D eigenvalue weighted by atomic mass is 10.2. The summed E-state index contributed by atoms with van der Waals surface area (Å²) in [6, 6.07) is 12.6. The third kappa shape index (κ3) is 4.99. The van der Waals surface area contributed by atoms with Gasteiger partial charge in [-0.2, -0.15) is 5.10 Å². The highest BCUT2D eigenvalue weighted by molar-refractivity contribution is 9.10. The van der Waals surface area contributed by atoms with Crippen LogP contribution in [0.15, 0.2) is 52.0 Å². The first-order chi connectivity index (χ1) is 11.6. The van der Waals surface area contributed by atoms with Gasteiger partial charge in [0.2, 0.25) is 0 Å². The molecule has 0 bridgehead atoms. The number of nitrogens with one attached hydrogen (secondary N) is 1. The molecule has 0 aromatic heterocycles. The van der Waals surface area contributed by atoms with E-state index < -0.39 is 0 Å². The van der Waals surface area contributed by atoms with Crippen LogP contribution >= 0.6 is 15.9 Å². The molecule has 24 heavy (non-hydrogen) atoms. The van der Waals surface area contributed by atoms with Gasteiger partial charge >= 0.3 is 0 Å². The van der Waals surface area contributed by atoms with Crippen molar-refractivity contribution in [2.75, 3.05) is 20.8 Å². The number of rotatable bonds is 7. The lowest BCUT2D eigenvalue weighted by Gasteiger charge is -2.07. The van der Waals surface area contributed by atoms with Gasteiger partial charge < -0.3 is 14.2 Å². The molecule has 1 N–H and O–H groups in total. The minimum atomic E-state index is -0.359. The number of hydrogen-bond donors (Lipinski definition) is 1. The van der Waals surface area contributed by atoms with Gasteiger partial charge in [0, 0.05) is 0 Å². The Kier molecular flexibility index (Phi) is 6.62. The molecule has 126 valence electrons. The highest BCUT2D eigenvalue weighted by atomic mass is 79.9. The highest BCUT2D eigenvalue weighted by Crippen LogP contribution is 2.26. The predicted molar refractivity (Wildman–Crippen MR) is 94.9 cm³/mol. The molecule has 2 rings (SSSR count).